The Morgan fingerprint density at radius 2 is 1.96 bits per heavy atom. The lowest BCUT2D eigenvalue weighted by atomic mass is 10.1. The first-order chi connectivity index (χ1) is 11.5. The Balaban J connectivity index is 1.85. The van der Waals surface area contributed by atoms with Crippen LogP contribution in [0.3, 0.4) is 0 Å². The molecule has 1 saturated carbocycles. The molecule has 1 aromatic carbocycles. The molecule has 1 aliphatic rings. The number of thiophene rings is 1. The Morgan fingerprint density at radius 3 is 2.50 bits per heavy atom. The Hall–Kier alpha value is -1.81. The van der Waals surface area contributed by atoms with Crippen LogP contribution in [0, 0.1) is 12.8 Å². The maximum Gasteiger partial charge on any atom is 0.264 e. The summed E-state index contributed by atoms with van der Waals surface area (Å²) in [6.45, 7) is 7.28. The van der Waals surface area contributed by atoms with E-state index in [1.807, 2.05) is 12.1 Å². The van der Waals surface area contributed by atoms with Crippen molar-refractivity contribution in [3.8, 4) is 16.9 Å². The lowest BCUT2D eigenvalue weighted by Gasteiger charge is -2.23. The lowest BCUT2D eigenvalue weighted by Crippen LogP contribution is -2.35. The van der Waals surface area contributed by atoms with E-state index in [0.29, 0.717) is 12.0 Å². The summed E-state index contributed by atoms with van der Waals surface area (Å²) in [7, 11) is 1.67. The first-order valence-corrected chi connectivity index (χ1v) is 9.37. The third-order valence-corrected chi connectivity index (χ3v) is 5.38. The van der Waals surface area contributed by atoms with Crippen LogP contribution >= 0.6 is 11.3 Å². The number of hydrogen-bond acceptors (Lipinski definition) is 3. The molecule has 0 unspecified atom stereocenters. The number of amides is 1. The lowest BCUT2D eigenvalue weighted by molar-refractivity contribution is 0.0727. The summed E-state index contributed by atoms with van der Waals surface area (Å²) in [5, 5.41) is 0. The van der Waals surface area contributed by atoms with Gasteiger partial charge in [-0.1, -0.05) is 26.0 Å². The van der Waals surface area contributed by atoms with Gasteiger partial charge in [-0.2, -0.15) is 0 Å². The number of methoxy groups -OCH3 is 1. The minimum Gasteiger partial charge on any atom is -0.497 e. The molecule has 24 heavy (non-hydrogen) atoms. The molecule has 0 N–H and O–H groups in total. The molecule has 1 heterocycles. The smallest absolute Gasteiger partial charge is 0.264 e. The average molecular weight is 343 g/mol. The van der Waals surface area contributed by atoms with Crippen molar-refractivity contribution in [2.24, 2.45) is 5.92 Å². The summed E-state index contributed by atoms with van der Waals surface area (Å²) in [5.74, 6) is 1.54. The first kappa shape index (κ1) is 17.0. The van der Waals surface area contributed by atoms with Gasteiger partial charge in [0.1, 0.15) is 5.75 Å². The topological polar surface area (TPSA) is 29.5 Å². The third kappa shape index (κ3) is 3.64. The van der Waals surface area contributed by atoms with Gasteiger partial charge >= 0.3 is 0 Å². The van der Waals surface area contributed by atoms with Gasteiger partial charge < -0.3 is 9.64 Å². The molecular weight excluding hydrogens is 318 g/mol. The van der Waals surface area contributed by atoms with Gasteiger partial charge in [0.2, 0.25) is 0 Å². The summed E-state index contributed by atoms with van der Waals surface area (Å²) < 4.78 is 5.22. The largest absolute Gasteiger partial charge is 0.497 e. The summed E-state index contributed by atoms with van der Waals surface area (Å²) in [4.78, 5) is 17.1. The van der Waals surface area contributed by atoms with E-state index in [-0.39, 0.29) is 5.91 Å². The highest BCUT2D eigenvalue weighted by Crippen LogP contribution is 2.35. The fraction of sp³-hybridized carbons (Fsp3) is 0.450. The standard InChI is InChI=1S/C20H25NO2S/c1-13(2)12-21(16-7-8-16)20(22)19-11-18(14(3)24-19)15-5-9-17(23-4)10-6-15/h5-6,9-11,13,16H,7-8,12H2,1-4H3. The van der Waals surface area contributed by atoms with Crippen molar-refractivity contribution < 1.29 is 9.53 Å². The van der Waals surface area contributed by atoms with Crippen LogP contribution in [-0.2, 0) is 0 Å². The van der Waals surface area contributed by atoms with Gasteiger partial charge in [0.15, 0.2) is 0 Å². The Bertz CT molecular complexity index is 714. The fourth-order valence-electron chi connectivity index (χ4n) is 2.96. The normalized spacial score (nSPS) is 14.0. The Kier molecular flexibility index (Phi) is 4.95. The highest BCUT2D eigenvalue weighted by atomic mass is 32.1. The molecule has 0 atom stereocenters. The van der Waals surface area contributed by atoms with Crippen LogP contribution in [-0.4, -0.2) is 30.5 Å². The first-order valence-electron chi connectivity index (χ1n) is 8.55. The monoisotopic (exact) mass is 343 g/mol. The van der Waals surface area contributed by atoms with Crippen molar-refractivity contribution in [1.29, 1.82) is 0 Å². The molecule has 128 valence electrons. The van der Waals surface area contributed by atoms with Crippen molar-refractivity contribution in [3.63, 3.8) is 0 Å². The Labute approximate surface area is 148 Å². The second kappa shape index (κ2) is 6.98. The van der Waals surface area contributed by atoms with E-state index in [0.717, 1.165) is 41.1 Å². The zero-order valence-electron chi connectivity index (χ0n) is 14.8. The minimum atomic E-state index is 0.194. The van der Waals surface area contributed by atoms with Crippen molar-refractivity contribution in [2.45, 2.75) is 39.7 Å². The van der Waals surface area contributed by atoms with Gasteiger partial charge in [-0.15, -0.1) is 11.3 Å². The van der Waals surface area contributed by atoms with E-state index in [4.69, 9.17) is 4.74 Å². The van der Waals surface area contributed by atoms with E-state index in [9.17, 15) is 4.79 Å². The molecule has 1 fully saturated rings. The van der Waals surface area contributed by atoms with Crippen LogP contribution in [0.4, 0.5) is 0 Å². The van der Waals surface area contributed by atoms with Crippen LogP contribution in [0.2, 0.25) is 0 Å². The average Bonchev–Trinajstić information content (AvgIpc) is 3.34. The van der Waals surface area contributed by atoms with Crippen LogP contribution in [0.15, 0.2) is 30.3 Å². The summed E-state index contributed by atoms with van der Waals surface area (Å²) in [5.41, 5.74) is 2.27. The van der Waals surface area contributed by atoms with Gasteiger partial charge in [-0.25, -0.2) is 0 Å². The maximum atomic E-state index is 13.0. The predicted octanol–water partition coefficient (Wildman–Crippen LogP) is 4.99. The van der Waals surface area contributed by atoms with Gasteiger partial charge in [0, 0.05) is 17.5 Å². The molecule has 3 nitrogen and oxygen atoms in total. The second-order valence-corrected chi connectivity index (χ2v) is 8.15. The van der Waals surface area contributed by atoms with Crippen molar-refractivity contribution >= 4 is 17.2 Å². The predicted molar refractivity (Wildman–Crippen MR) is 99.9 cm³/mol. The zero-order valence-corrected chi connectivity index (χ0v) is 15.7. The van der Waals surface area contributed by atoms with Crippen molar-refractivity contribution in [3.05, 3.63) is 40.1 Å². The van der Waals surface area contributed by atoms with Crippen molar-refractivity contribution in [2.75, 3.05) is 13.7 Å². The van der Waals surface area contributed by atoms with E-state index in [2.05, 4.69) is 43.9 Å². The fourth-order valence-corrected chi connectivity index (χ4v) is 3.96. The molecule has 0 spiro atoms. The number of nitrogens with zero attached hydrogens (tertiary/aromatic N) is 1. The van der Waals surface area contributed by atoms with E-state index < -0.39 is 0 Å². The number of carbonyl (C=O) groups excluding carboxylic acids is 1. The quantitative estimate of drug-likeness (QED) is 0.739. The molecule has 0 bridgehead atoms. The van der Waals surface area contributed by atoms with Crippen LogP contribution < -0.4 is 4.74 Å². The molecule has 0 aliphatic heterocycles. The molecule has 3 rings (SSSR count). The number of carbonyl (C=O) groups is 1. The zero-order chi connectivity index (χ0) is 17.3. The summed E-state index contributed by atoms with van der Waals surface area (Å²) in [6.07, 6.45) is 2.29. The number of rotatable bonds is 6. The van der Waals surface area contributed by atoms with Crippen molar-refractivity contribution in [1.82, 2.24) is 4.90 Å². The summed E-state index contributed by atoms with van der Waals surface area (Å²) in [6, 6.07) is 10.5. The Morgan fingerprint density at radius 1 is 1.29 bits per heavy atom. The van der Waals surface area contributed by atoms with E-state index in [1.54, 1.807) is 18.4 Å². The molecule has 0 saturated heterocycles. The number of hydrogen-bond donors (Lipinski definition) is 0. The minimum absolute atomic E-state index is 0.194. The summed E-state index contributed by atoms with van der Waals surface area (Å²) >= 11 is 1.61. The SMILES string of the molecule is COc1ccc(-c2cc(C(=O)N(CC(C)C)C3CC3)sc2C)cc1. The number of aryl methyl sites for hydroxylation is 1. The highest BCUT2D eigenvalue weighted by Gasteiger charge is 2.34. The molecule has 4 heteroatoms. The van der Waals surface area contributed by atoms with Crippen LogP contribution in [0.25, 0.3) is 11.1 Å². The number of ether oxygens (including phenoxy) is 1. The molecule has 2 aromatic rings. The molecule has 1 aromatic heterocycles. The van der Waals surface area contributed by atoms with Gasteiger partial charge in [-0.05, 0) is 55.0 Å². The molecule has 1 amide bonds. The van der Waals surface area contributed by atoms with Gasteiger partial charge in [0.05, 0.1) is 12.0 Å². The van der Waals surface area contributed by atoms with Crippen LogP contribution in [0.5, 0.6) is 5.75 Å². The van der Waals surface area contributed by atoms with E-state index in [1.165, 1.54) is 4.88 Å². The number of benzene rings is 1. The third-order valence-electron chi connectivity index (χ3n) is 4.34. The van der Waals surface area contributed by atoms with Gasteiger partial charge in [-0.3, -0.25) is 4.79 Å². The van der Waals surface area contributed by atoms with Crippen LogP contribution in [0.1, 0.15) is 41.2 Å². The second-order valence-electron chi connectivity index (χ2n) is 6.89. The maximum absolute atomic E-state index is 13.0. The van der Waals surface area contributed by atoms with Gasteiger partial charge in [0.25, 0.3) is 5.91 Å². The molecule has 1 aliphatic carbocycles. The highest BCUT2D eigenvalue weighted by molar-refractivity contribution is 7.14. The molecule has 0 radical (unpaired) electrons. The molecular formula is C20H25NO2S. The van der Waals surface area contributed by atoms with E-state index >= 15 is 0 Å².